The maximum absolute atomic E-state index is 12.5. The molecule has 4 heteroatoms. The molecule has 1 aromatic heterocycles. The highest BCUT2D eigenvalue weighted by Crippen LogP contribution is 2.26. The van der Waals surface area contributed by atoms with E-state index in [0.717, 1.165) is 50.1 Å². The van der Waals surface area contributed by atoms with Crippen molar-refractivity contribution >= 4 is 16.9 Å². The van der Waals surface area contributed by atoms with Gasteiger partial charge >= 0.3 is 0 Å². The molecule has 1 heterocycles. The SMILES string of the molecule is Cc1cc(C)c(C)c(Cn2c(CCCNC(=O)C3CCCCC3)nc3ccccc32)c1C. The Labute approximate surface area is 192 Å². The van der Waals surface area contributed by atoms with Crippen molar-refractivity contribution in [1.82, 2.24) is 14.9 Å². The second kappa shape index (κ2) is 9.89. The van der Waals surface area contributed by atoms with Gasteiger partial charge in [-0.1, -0.05) is 37.5 Å². The highest BCUT2D eigenvalue weighted by Gasteiger charge is 2.20. The molecule has 0 spiro atoms. The zero-order chi connectivity index (χ0) is 22.7. The van der Waals surface area contributed by atoms with E-state index >= 15 is 0 Å². The standard InChI is InChI=1S/C28H37N3O/c1-19-17-20(2)22(4)24(21(19)3)18-31-26-14-9-8-13-25(26)30-27(31)15-10-16-29-28(32)23-11-6-5-7-12-23/h8-9,13-14,17,23H,5-7,10-12,15-16,18H2,1-4H3,(H,29,32). The van der Waals surface area contributed by atoms with Crippen molar-refractivity contribution in [3.8, 4) is 0 Å². The molecule has 4 nitrogen and oxygen atoms in total. The van der Waals surface area contributed by atoms with Crippen LogP contribution in [0, 0.1) is 33.6 Å². The van der Waals surface area contributed by atoms with E-state index in [0.29, 0.717) is 0 Å². The number of hydrogen-bond donors (Lipinski definition) is 1. The summed E-state index contributed by atoms with van der Waals surface area (Å²) in [5.41, 5.74) is 9.07. The Morgan fingerprint density at radius 3 is 2.44 bits per heavy atom. The molecule has 0 bridgehead atoms. The Kier molecular flexibility index (Phi) is 6.98. The third kappa shape index (κ3) is 4.74. The van der Waals surface area contributed by atoms with E-state index in [-0.39, 0.29) is 11.8 Å². The molecule has 2 aromatic carbocycles. The van der Waals surface area contributed by atoms with E-state index < -0.39 is 0 Å². The molecule has 0 atom stereocenters. The smallest absolute Gasteiger partial charge is 0.223 e. The maximum Gasteiger partial charge on any atom is 0.223 e. The normalized spacial score (nSPS) is 14.8. The third-order valence-electron chi connectivity index (χ3n) is 7.42. The van der Waals surface area contributed by atoms with Crippen molar-refractivity contribution in [3.05, 3.63) is 64.0 Å². The first kappa shape index (κ1) is 22.6. The van der Waals surface area contributed by atoms with Crippen molar-refractivity contribution in [2.24, 2.45) is 5.92 Å². The molecule has 1 fully saturated rings. The van der Waals surface area contributed by atoms with Crippen molar-refractivity contribution in [3.63, 3.8) is 0 Å². The van der Waals surface area contributed by atoms with E-state index in [1.54, 1.807) is 0 Å². The summed E-state index contributed by atoms with van der Waals surface area (Å²) in [5, 5.41) is 3.18. The van der Waals surface area contributed by atoms with Crippen molar-refractivity contribution < 1.29 is 4.79 Å². The first-order chi connectivity index (χ1) is 15.5. The largest absolute Gasteiger partial charge is 0.356 e. The number of amides is 1. The fourth-order valence-electron chi connectivity index (χ4n) is 5.15. The van der Waals surface area contributed by atoms with Crippen LogP contribution in [0.4, 0.5) is 0 Å². The number of hydrogen-bond acceptors (Lipinski definition) is 2. The molecule has 4 rings (SSSR count). The van der Waals surface area contributed by atoms with Gasteiger partial charge in [0.05, 0.1) is 11.0 Å². The van der Waals surface area contributed by atoms with E-state index in [1.807, 2.05) is 0 Å². The Balaban J connectivity index is 1.51. The summed E-state index contributed by atoms with van der Waals surface area (Å²) < 4.78 is 2.38. The number of para-hydroxylation sites is 2. The molecule has 32 heavy (non-hydrogen) atoms. The zero-order valence-corrected chi connectivity index (χ0v) is 20.1. The van der Waals surface area contributed by atoms with Gasteiger partial charge in [-0.3, -0.25) is 4.79 Å². The van der Waals surface area contributed by atoms with Crippen LogP contribution in [0.25, 0.3) is 11.0 Å². The van der Waals surface area contributed by atoms with Crippen LogP contribution in [-0.4, -0.2) is 22.0 Å². The van der Waals surface area contributed by atoms with E-state index in [4.69, 9.17) is 4.98 Å². The lowest BCUT2D eigenvalue weighted by atomic mass is 9.89. The van der Waals surface area contributed by atoms with Crippen molar-refractivity contribution in [2.45, 2.75) is 79.2 Å². The average Bonchev–Trinajstić information content (AvgIpc) is 3.16. The Morgan fingerprint density at radius 1 is 1.03 bits per heavy atom. The highest BCUT2D eigenvalue weighted by molar-refractivity contribution is 5.78. The Hall–Kier alpha value is -2.62. The zero-order valence-electron chi connectivity index (χ0n) is 20.1. The number of aryl methyl sites for hydroxylation is 3. The number of carbonyl (C=O) groups excluding carboxylic acids is 1. The lowest BCUT2D eigenvalue weighted by molar-refractivity contribution is -0.125. The number of nitrogens with one attached hydrogen (secondary N) is 1. The highest BCUT2D eigenvalue weighted by atomic mass is 16.1. The molecule has 0 aliphatic heterocycles. The number of rotatable bonds is 7. The molecule has 1 aliphatic carbocycles. The van der Waals surface area contributed by atoms with Crippen LogP contribution in [-0.2, 0) is 17.8 Å². The van der Waals surface area contributed by atoms with Crippen LogP contribution >= 0.6 is 0 Å². The van der Waals surface area contributed by atoms with Crippen LogP contribution < -0.4 is 5.32 Å². The van der Waals surface area contributed by atoms with Gasteiger partial charge in [0.1, 0.15) is 5.82 Å². The fourth-order valence-corrected chi connectivity index (χ4v) is 5.15. The summed E-state index contributed by atoms with van der Waals surface area (Å²) in [6.45, 7) is 10.4. The minimum atomic E-state index is 0.226. The minimum absolute atomic E-state index is 0.226. The van der Waals surface area contributed by atoms with E-state index in [2.05, 4.69) is 67.9 Å². The van der Waals surface area contributed by atoms with Crippen molar-refractivity contribution in [2.75, 3.05) is 6.54 Å². The topological polar surface area (TPSA) is 46.9 Å². The molecule has 3 aromatic rings. The summed E-state index contributed by atoms with van der Waals surface area (Å²) in [6.07, 6.45) is 7.54. The predicted molar refractivity (Wildman–Crippen MR) is 132 cm³/mol. The summed E-state index contributed by atoms with van der Waals surface area (Å²) in [6, 6.07) is 10.7. The summed E-state index contributed by atoms with van der Waals surface area (Å²) in [5.74, 6) is 1.58. The molecular formula is C28H37N3O. The van der Waals surface area contributed by atoms with Crippen LogP contribution in [0.3, 0.4) is 0 Å². The first-order valence-corrected chi connectivity index (χ1v) is 12.2. The number of nitrogens with zero attached hydrogens (tertiary/aromatic N) is 2. The quantitative estimate of drug-likeness (QED) is 0.470. The predicted octanol–water partition coefficient (Wildman–Crippen LogP) is 5.95. The number of benzene rings is 2. The molecular weight excluding hydrogens is 394 g/mol. The first-order valence-electron chi connectivity index (χ1n) is 12.2. The maximum atomic E-state index is 12.5. The van der Waals surface area contributed by atoms with Gasteiger partial charge in [0, 0.05) is 25.4 Å². The summed E-state index contributed by atoms with van der Waals surface area (Å²) in [7, 11) is 0. The molecule has 0 radical (unpaired) electrons. The molecule has 1 amide bonds. The lowest BCUT2D eigenvalue weighted by Crippen LogP contribution is -2.32. The Morgan fingerprint density at radius 2 is 1.72 bits per heavy atom. The molecule has 170 valence electrons. The van der Waals surface area contributed by atoms with Gasteiger partial charge in [-0.2, -0.15) is 0 Å². The summed E-state index contributed by atoms with van der Waals surface area (Å²) in [4.78, 5) is 17.4. The molecule has 0 saturated heterocycles. The van der Waals surface area contributed by atoms with Crippen LogP contribution in [0.15, 0.2) is 30.3 Å². The number of aromatic nitrogens is 2. The lowest BCUT2D eigenvalue weighted by Gasteiger charge is -2.20. The Bertz CT molecular complexity index is 1080. The van der Waals surface area contributed by atoms with E-state index in [1.165, 1.54) is 52.6 Å². The van der Waals surface area contributed by atoms with Crippen LogP contribution in [0.1, 0.15) is 72.2 Å². The van der Waals surface area contributed by atoms with Gasteiger partial charge in [-0.15, -0.1) is 0 Å². The molecule has 0 unspecified atom stereocenters. The van der Waals surface area contributed by atoms with Gasteiger partial charge in [0.2, 0.25) is 5.91 Å². The monoisotopic (exact) mass is 431 g/mol. The number of fused-ring (bicyclic) bond motifs is 1. The number of carbonyl (C=O) groups is 1. The van der Waals surface area contributed by atoms with Crippen LogP contribution in [0.5, 0.6) is 0 Å². The fraction of sp³-hybridized carbons (Fsp3) is 0.500. The number of imidazole rings is 1. The molecule has 1 N–H and O–H groups in total. The van der Waals surface area contributed by atoms with Gasteiger partial charge in [0.15, 0.2) is 0 Å². The van der Waals surface area contributed by atoms with Crippen molar-refractivity contribution in [1.29, 1.82) is 0 Å². The summed E-state index contributed by atoms with van der Waals surface area (Å²) >= 11 is 0. The minimum Gasteiger partial charge on any atom is -0.356 e. The second-order valence-corrected chi connectivity index (χ2v) is 9.57. The van der Waals surface area contributed by atoms with Gasteiger partial charge in [-0.25, -0.2) is 4.98 Å². The third-order valence-corrected chi connectivity index (χ3v) is 7.42. The molecule has 1 saturated carbocycles. The molecule has 1 aliphatic rings. The van der Waals surface area contributed by atoms with Gasteiger partial charge in [-0.05, 0) is 86.9 Å². The second-order valence-electron chi connectivity index (χ2n) is 9.57. The van der Waals surface area contributed by atoms with Crippen LogP contribution in [0.2, 0.25) is 0 Å². The van der Waals surface area contributed by atoms with E-state index in [9.17, 15) is 4.79 Å². The van der Waals surface area contributed by atoms with Gasteiger partial charge in [0.25, 0.3) is 0 Å². The average molecular weight is 432 g/mol. The van der Waals surface area contributed by atoms with Gasteiger partial charge < -0.3 is 9.88 Å².